The van der Waals surface area contributed by atoms with Gasteiger partial charge in [0.05, 0.1) is 0 Å². The first-order chi connectivity index (χ1) is 8.73. The second kappa shape index (κ2) is 6.06. The minimum absolute atomic E-state index is 0.441. The number of rotatable bonds is 3. The van der Waals surface area contributed by atoms with Crippen molar-refractivity contribution in [2.45, 2.75) is 26.8 Å². The fourth-order valence-electron chi connectivity index (χ4n) is 1.64. The van der Waals surface area contributed by atoms with E-state index in [0.717, 1.165) is 20.5 Å². The van der Waals surface area contributed by atoms with Gasteiger partial charge in [-0.15, -0.1) is 0 Å². The molecule has 5 nitrogen and oxygen atoms in total. The van der Waals surface area contributed by atoms with E-state index in [4.69, 9.17) is 5.11 Å². The standard InChI is InChI=1S/C13H17BrN2O3/c1-7-5-10(14)6-8(2)11(7)15-13(19)16(4)9(3)12(17)18/h5-6,9H,1-4H3,(H,15,19)(H,17,18). The average molecular weight is 329 g/mol. The van der Waals surface area contributed by atoms with Crippen molar-refractivity contribution in [3.63, 3.8) is 0 Å². The van der Waals surface area contributed by atoms with Crippen LogP contribution in [0.3, 0.4) is 0 Å². The Kier molecular flexibility index (Phi) is 4.94. The fourth-order valence-corrected chi connectivity index (χ4v) is 2.33. The Balaban J connectivity index is 2.92. The van der Waals surface area contributed by atoms with Gasteiger partial charge in [-0.1, -0.05) is 15.9 Å². The Morgan fingerprint density at radius 2 is 1.79 bits per heavy atom. The maximum atomic E-state index is 12.0. The zero-order valence-corrected chi connectivity index (χ0v) is 12.9. The van der Waals surface area contributed by atoms with E-state index in [1.54, 1.807) is 0 Å². The number of hydrogen-bond donors (Lipinski definition) is 2. The van der Waals surface area contributed by atoms with Gasteiger partial charge in [-0.05, 0) is 44.0 Å². The summed E-state index contributed by atoms with van der Waals surface area (Å²) in [6, 6.07) is 2.46. The van der Waals surface area contributed by atoms with Crippen molar-refractivity contribution in [3.8, 4) is 0 Å². The van der Waals surface area contributed by atoms with Gasteiger partial charge >= 0.3 is 12.0 Å². The van der Waals surface area contributed by atoms with E-state index in [2.05, 4.69) is 21.2 Å². The maximum Gasteiger partial charge on any atom is 0.326 e. The highest BCUT2D eigenvalue weighted by Crippen LogP contribution is 2.25. The van der Waals surface area contributed by atoms with E-state index in [-0.39, 0.29) is 0 Å². The van der Waals surface area contributed by atoms with Crippen LogP contribution in [-0.4, -0.2) is 35.1 Å². The number of urea groups is 1. The molecular weight excluding hydrogens is 312 g/mol. The molecule has 0 bridgehead atoms. The summed E-state index contributed by atoms with van der Waals surface area (Å²) >= 11 is 3.38. The van der Waals surface area contributed by atoms with E-state index in [9.17, 15) is 9.59 Å². The van der Waals surface area contributed by atoms with Gasteiger partial charge in [-0.3, -0.25) is 0 Å². The monoisotopic (exact) mass is 328 g/mol. The lowest BCUT2D eigenvalue weighted by Gasteiger charge is -2.23. The molecule has 0 spiro atoms. The van der Waals surface area contributed by atoms with E-state index >= 15 is 0 Å². The van der Waals surface area contributed by atoms with E-state index in [1.165, 1.54) is 14.0 Å². The number of carboxylic acids is 1. The van der Waals surface area contributed by atoms with Crippen LogP contribution >= 0.6 is 15.9 Å². The van der Waals surface area contributed by atoms with Crippen LogP contribution in [0, 0.1) is 13.8 Å². The van der Waals surface area contributed by atoms with Crippen LogP contribution in [0.5, 0.6) is 0 Å². The molecule has 0 saturated heterocycles. The van der Waals surface area contributed by atoms with Crippen molar-refractivity contribution >= 4 is 33.6 Å². The number of carbonyl (C=O) groups is 2. The minimum atomic E-state index is -1.04. The van der Waals surface area contributed by atoms with Crippen LogP contribution in [-0.2, 0) is 4.79 Å². The maximum absolute atomic E-state index is 12.0. The van der Waals surface area contributed by atoms with Gasteiger partial charge in [0.1, 0.15) is 6.04 Å². The number of nitrogens with one attached hydrogen (secondary N) is 1. The minimum Gasteiger partial charge on any atom is -0.480 e. The second-order valence-corrected chi connectivity index (χ2v) is 5.39. The normalized spacial score (nSPS) is 11.8. The number of anilines is 1. The molecule has 0 aliphatic heterocycles. The van der Waals surface area contributed by atoms with E-state index in [0.29, 0.717) is 5.69 Å². The number of carbonyl (C=O) groups excluding carboxylic acids is 1. The lowest BCUT2D eigenvalue weighted by molar-refractivity contribution is -0.141. The first-order valence-corrected chi connectivity index (χ1v) is 6.56. The molecule has 1 unspecified atom stereocenters. The zero-order chi connectivity index (χ0) is 14.7. The summed E-state index contributed by atoms with van der Waals surface area (Å²) in [6.07, 6.45) is 0. The lowest BCUT2D eigenvalue weighted by Crippen LogP contribution is -2.42. The van der Waals surface area contributed by atoms with Crippen LogP contribution in [0.15, 0.2) is 16.6 Å². The summed E-state index contributed by atoms with van der Waals surface area (Å²) < 4.78 is 0.938. The predicted molar refractivity (Wildman–Crippen MR) is 77.5 cm³/mol. The molecule has 2 amide bonds. The van der Waals surface area contributed by atoms with Gasteiger partial charge in [0.25, 0.3) is 0 Å². The quantitative estimate of drug-likeness (QED) is 0.896. The van der Waals surface area contributed by atoms with Crippen molar-refractivity contribution in [2.24, 2.45) is 0 Å². The van der Waals surface area contributed by atoms with Crippen molar-refractivity contribution in [2.75, 3.05) is 12.4 Å². The van der Waals surface area contributed by atoms with Crippen molar-refractivity contribution in [3.05, 3.63) is 27.7 Å². The Morgan fingerprint density at radius 3 is 2.21 bits per heavy atom. The number of aryl methyl sites for hydroxylation is 2. The topological polar surface area (TPSA) is 69.6 Å². The van der Waals surface area contributed by atoms with Crippen LogP contribution in [0.1, 0.15) is 18.1 Å². The molecular formula is C13H17BrN2O3. The highest BCUT2D eigenvalue weighted by atomic mass is 79.9. The van der Waals surface area contributed by atoms with Crippen LogP contribution in [0.4, 0.5) is 10.5 Å². The van der Waals surface area contributed by atoms with Crippen LogP contribution < -0.4 is 5.32 Å². The van der Waals surface area contributed by atoms with Gasteiger partial charge in [0.2, 0.25) is 0 Å². The molecule has 0 aliphatic rings. The van der Waals surface area contributed by atoms with Gasteiger partial charge in [0, 0.05) is 17.2 Å². The third kappa shape index (κ3) is 3.70. The number of carboxylic acid groups (broad SMARTS) is 1. The van der Waals surface area contributed by atoms with Gasteiger partial charge in [-0.2, -0.15) is 0 Å². The molecule has 0 saturated carbocycles. The molecule has 19 heavy (non-hydrogen) atoms. The molecule has 104 valence electrons. The molecule has 0 aliphatic carbocycles. The van der Waals surface area contributed by atoms with Crippen molar-refractivity contribution in [1.82, 2.24) is 4.90 Å². The number of halogens is 1. The molecule has 0 radical (unpaired) electrons. The van der Waals surface area contributed by atoms with E-state index in [1.807, 2.05) is 26.0 Å². The Morgan fingerprint density at radius 1 is 1.32 bits per heavy atom. The lowest BCUT2D eigenvalue weighted by atomic mass is 10.1. The number of amides is 2. The summed E-state index contributed by atoms with van der Waals surface area (Å²) in [5.41, 5.74) is 2.53. The van der Waals surface area contributed by atoms with Crippen molar-refractivity contribution in [1.29, 1.82) is 0 Å². The third-order valence-corrected chi connectivity index (χ3v) is 3.45. The smallest absolute Gasteiger partial charge is 0.326 e. The molecule has 6 heteroatoms. The highest BCUT2D eigenvalue weighted by molar-refractivity contribution is 9.10. The molecule has 1 aromatic rings. The number of aliphatic carboxylic acids is 1. The van der Waals surface area contributed by atoms with Gasteiger partial charge in [-0.25, -0.2) is 9.59 Å². The molecule has 2 N–H and O–H groups in total. The first-order valence-electron chi connectivity index (χ1n) is 5.77. The van der Waals surface area contributed by atoms with Crippen LogP contribution in [0.2, 0.25) is 0 Å². The number of nitrogens with zero attached hydrogens (tertiary/aromatic N) is 1. The Labute approximate surface area is 120 Å². The third-order valence-electron chi connectivity index (χ3n) is 2.99. The summed E-state index contributed by atoms with van der Waals surface area (Å²) in [5.74, 6) is -1.04. The second-order valence-electron chi connectivity index (χ2n) is 4.47. The fraction of sp³-hybridized carbons (Fsp3) is 0.385. The predicted octanol–water partition coefficient (Wildman–Crippen LogP) is 3.00. The highest BCUT2D eigenvalue weighted by Gasteiger charge is 2.22. The largest absolute Gasteiger partial charge is 0.480 e. The Bertz CT molecular complexity index is 494. The number of benzene rings is 1. The average Bonchev–Trinajstić information content (AvgIpc) is 2.31. The molecule has 1 atom stereocenters. The molecule has 0 fully saturated rings. The number of hydrogen-bond acceptors (Lipinski definition) is 2. The SMILES string of the molecule is Cc1cc(Br)cc(C)c1NC(=O)N(C)C(C)C(=O)O. The summed E-state index contributed by atoms with van der Waals surface area (Å²) in [4.78, 5) is 24.0. The number of likely N-dealkylation sites (N-methyl/N-ethyl adjacent to an activating group) is 1. The van der Waals surface area contributed by atoms with Gasteiger partial charge < -0.3 is 15.3 Å². The van der Waals surface area contributed by atoms with Crippen molar-refractivity contribution < 1.29 is 14.7 Å². The first kappa shape index (κ1) is 15.5. The molecule has 0 aromatic heterocycles. The Hall–Kier alpha value is -1.56. The van der Waals surface area contributed by atoms with E-state index < -0.39 is 18.0 Å². The summed E-state index contributed by atoms with van der Waals surface area (Å²) in [7, 11) is 1.46. The molecule has 0 heterocycles. The summed E-state index contributed by atoms with van der Waals surface area (Å²) in [5, 5.41) is 11.6. The van der Waals surface area contributed by atoms with Gasteiger partial charge in [0.15, 0.2) is 0 Å². The molecule has 1 aromatic carbocycles. The van der Waals surface area contributed by atoms with Crippen LogP contribution in [0.25, 0.3) is 0 Å². The zero-order valence-electron chi connectivity index (χ0n) is 11.3. The molecule has 1 rings (SSSR count). The summed E-state index contributed by atoms with van der Waals surface area (Å²) in [6.45, 7) is 5.23.